The summed E-state index contributed by atoms with van der Waals surface area (Å²) in [5, 5.41) is 0.839. The lowest BCUT2D eigenvalue weighted by atomic mass is 10.1. The molecule has 0 fully saturated rings. The lowest BCUT2D eigenvalue weighted by Crippen LogP contribution is -2.39. The summed E-state index contributed by atoms with van der Waals surface area (Å²) in [4.78, 5) is 13.4. The van der Waals surface area contributed by atoms with Gasteiger partial charge in [-0.15, -0.1) is 0 Å². The molecule has 0 aliphatic carbocycles. The average Bonchev–Trinajstić information content (AvgIpc) is 2.12. The third-order valence-corrected chi connectivity index (χ3v) is 3.20. The van der Waals surface area contributed by atoms with Crippen LogP contribution in [0, 0.1) is 5.92 Å². The van der Waals surface area contributed by atoms with Gasteiger partial charge >= 0.3 is 0 Å². The molecule has 0 heterocycles. The van der Waals surface area contributed by atoms with Crippen molar-refractivity contribution in [3.8, 4) is 0 Å². The molecule has 0 spiro atoms. The molecule has 12 heavy (non-hydrogen) atoms. The van der Waals surface area contributed by atoms with Crippen LogP contribution in [-0.4, -0.2) is 29.2 Å². The second-order valence-corrected chi connectivity index (χ2v) is 3.91. The lowest BCUT2D eigenvalue weighted by Gasteiger charge is -2.25. The maximum atomic E-state index is 11.6. The maximum Gasteiger partial charge on any atom is 0.225 e. The molecule has 2 atom stereocenters. The van der Waals surface area contributed by atoms with Crippen molar-refractivity contribution in [2.75, 3.05) is 12.4 Å². The van der Waals surface area contributed by atoms with Gasteiger partial charge in [-0.25, -0.2) is 0 Å². The lowest BCUT2D eigenvalue weighted by molar-refractivity contribution is -0.135. The molecule has 0 N–H and O–H groups in total. The summed E-state index contributed by atoms with van der Waals surface area (Å²) >= 11 is 3.36. The molecule has 0 rings (SSSR count). The smallest absolute Gasteiger partial charge is 0.225 e. The van der Waals surface area contributed by atoms with Crippen molar-refractivity contribution in [2.24, 2.45) is 5.92 Å². The van der Waals surface area contributed by atoms with Crippen LogP contribution in [0.25, 0.3) is 0 Å². The van der Waals surface area contributed by atoms with Crippen LogP contribution < -0.4 is 0 Å². The molecule has 0 aliphatic rings. The van der Waals surface area contributed by atoms with Crippen molar-refractivity contribution in [3.63, 3.8) is 0 Å². The van der Waals surface area contributed by atoms with E-state index in [2.05, 4.69) is 15.9 Å². The first-order valence-corrected chi connectivity index (χ1v) is 5.49. The van der Waals surface area contributed by atoms with Gasteiger partial charge in [0.15, 0.2) is 0 Å². The zero-order valence-electron chi connectivity index (χ0n) is 8.30. The highest BCUT2D eigenvalue weighted by molar-refractivity contribution is 9.09. The molecule has 0 aromatic heterocycles. The van der Waals surface area contributed by atoms with Gasteiger partial charge in [-0.05, 0) is 13.3 Å². The highest BCUT2D eigenvalue weighted by Gasteiger charge is 2.18. The van der Waals surface area contributed by atoms with Crippen LogP contribution in [0.3, 0.4) is 0 Å². The van der Waals surface area contributed by atoms with Gasteiger partial charge in [-0.2, -0.15) is 0 Å². The van der Waals surface area contributed by atoms with Gasteiger partial charge in [0, 0.05) is 24.3 Å². The molecular formula is C9H18BrNO. The molecule has 0 saturated heterocycles. The first-order valence-electron chi connectivity index (χ1n) is 4.37. The first-order chi connectivity index (χ1) is 5.54. The Morgan fingerprint density at radius 2 is 2.00 bits per heavy atom. The van der Waals surface area contributed by atoms with E-state index < -0.39 is 0 Å². The predicted molar refractivity (Wildman–Crippen MR) is 55.5 cm³/mol. The molecule has 0 radical (unpaired) electrons. The van der Waals surface area contributed by atoms with E-state index in [1.807, 2.05) is 32.7 Å². The van der Waals surface area contributed by atoms with E-state index in [9.17, 15) is 4.79 Å². The van der Waals surface area contributed by atoms with Crippen LogP contribution in [0.2, 0.25) is 0 Å². The van der Waals surface area contributed by atoms with Crippen LogP contribution in [0.15, 0.2) is 0 Å². The monoisotopic (exact) mass is 235 g/mol. The normalized spacial score (nSPS) is 15.4. The SMILES string of the molecule is CCC(C)C(=O)N(C)C(C)CBr. The van der Waals surface area contributed by atoms with Crippen molar-refractivity contribution < 1.29 is 4.79 Å². The maximum absolute atomic E-state index is 11.6. The largest absolute Gasteiger partial charge is 0.342 e. The summed E-state index contributed by atoms with van der Waals surface area (Å²) in [5.41, 5.74) is 0. The summed E-state index contributed by atoms with van der Waals surface area (Å²) < 4.78 is 0. The van der Waals surface area contributed by atoms with E-state index in [4.69, 9.17) is 0 Å². The molecule has 0 aromatic rings. The van der Waals surface area contributed by atoms with Crippen molar-refractivity contribution in [2.45, 2.75) is 33.2 Å². The number of hydrogen-bond donors (Lipinski definition) is 0. The van der Waals surface area contributed by atoms with Gasteiger partial charge < -0.3 is 4.90 Å². The van der Waals surface area contributed by atoms with Crippen molar-refractivity contribution in [1.29, 1.82) is 0 Å². The number of nitrogens with zero attached hydrogens (tertiary/aromatic N) is 1. The molecule has 1 amide bonds. The first kappa shape index (κ1) is 11.9. The van der Waals surface area contributed by atoms with E-state index in [0.717, 1.165) is 11.8 Å². The fourth-order valence-corrected chi connectivity index (χ4v) is 1.28. The highest BCUT2D eigenvalue weighted by Crippen LogP contribution is 2.09. The Kier molecular flexibility index (Phi) is 5.55. The predicted octanol–water partition coefficient (Wildman–Crippen LogP) is 2.27. The Morgan fingerprint density at radius 1 is 1.50 bits per heavy atom. The summed E-state index contributed by atoms with van der Waals surface area (Å²) in [6, 6.07) is 0.284. The van der Waals surface area contributed by atoms with E-state index >= 15 is 0 Å². The van der Waals surface area contributed by atoms with Crippen molar-refractivity contribution in [1.82, 2.24) is 4.90 Å². The Labute approximate surface area is 83.4 Å². The average molecular weight is 236 g/mol. The molecule has 2 unspecified atom stereocenters. The summed E-state index contributed by atoms with van der Waals surface area (Å²) in [6.07, 6.45) is 0.915. The fraction of sp³-hybridized carbons (Fsp3) is 0.889. The van der Waals surface area contributed by atoms with Crippen LogP contribution in [-0.2, 0) is 4.79 Å². The Morgan fingerprint density at radius 3 is 2.33 bits per heavy atom. The second kappa shape index (κ2) is 5.57. The highest BCUT2D eigenvalue weighted by atomic mass is 79.9. The van der Waals surface area contributed by atoms with Crippen LogP contribution in [0.1, 0.15) is 27.2 Å². The number of halogens is 1. The van der Waals surface area contributed by atoms with Gasteiger partial charge in [-0.1, -0.05) is 29.8 Å². The van der Waals surface area contributed by atoms with E-state index in [1.54, 1.807) is 0 Å². The van der Waals surface area contributed by atoms with Crippen molar-refractivity contribution in [3.05, 3.63) is 0 Å². The van der Waals surface area contributed by atoms with Gasteiger partial charge in [0.1, 0.15) is 0 Å². The molecular weight excluding hydrogens is 218 g/mol. The van der Waals surface area contributed by atoms with Crippen molar-refractivity contribution >= 4 is 21.8 Å². The quantitative estimate of drug-likeness (QED) is 0.686. The Balaban J connectivity index is 4.09. The van der Waals surface area contributed by atoms with Crippen LogP contribution >= 0.6 is 15.9 Å². The van der Waals surface area contributed by atoms with Gasteiger partial charge in [0.2, 0.25) is 5.91 Å². The third kappa shape index (κ3) is 3.13. The number of hydrogen-bond acceptors (Lipinski definition) is 1. The standard InChI is InChI=1S/C9H18BrNO/c1-5-7(2)9(12)11(4)8(3)6-10/h7-8H,5-6H2,1-4H3. The number of carbonyl (C=O) groups excluding carboxylic acids is 1. The molecule has 72 valence electrons. The number of carbonyl (C=O) groups is 1. The third-order valence-electron chi connectivity index (χ3n) is 2.27. The minimum atomic E-state index is 0.150. The number of alkyl halides is 1. The van der Waals surface area contributed by atoms with Gasteiger partial charge in [0.25, 0.3) is 0 Å². The van der Waals surface area contributed by atoms with E-state index in [-0.39, 0.29) is 17.9 Å². The molecule has 0 bridgehead atoms. The summed E-state index contributed by atoms with van der Waals surface area (Å²) in [6.45, 7) is 6.05. The number of rotatable bonds is 4. The molecule has 0 aliphatic heterocycles. The van der Waals surface area contributed by atoms with Crippen LogP contribution in [0.4, 0.5) is 0 Å². The molecule has 3 heteroatoms. The topological polar surface area (TPSA) is 20.3 Å². The van der Waals surface area contributed by atoms with Gasteiger partial charge in [-0.3, -0.25) is 4.79 Å². The minimum absolute atomic E-state index is 0.150. The van der Waals surface area contributed by atoms with E-state index in [0.29, 0.717) is 0 Å². The second-order valence-electron chi connectivity index (χ2n) is 3.26. The molecule has 2 nitrogen and oxygen atoms in total. The Bertz CT molecular complexity index is 149. The van der Waals surface area contributed by atoms with Gasteiger partial charge in [0.05, 0.1) is 0 Å². The molecule has 0 saturated carbocycles. The van der Waals surface area contributed by atoms with Crippen LogP contribution in [0.5, 0.6) is 0 Å². The minimum Gasteiger partial charge on any atom is -0.342 e. The zero-order chi connectivity index (χ0) is 9.72. The molecule has 0 aromatic carbocycles. The number of amides is 1. The summed E-state index contributed by atoms with van der Waals surface area (Å²) in [7, 11) is 1.86. The summed E-state index contributed by atoms with van der Waals surface area (Å²) in [5.74, 6) is 0.390. The zero-order valence-corrected chi connectivity index (χ0v) is 9.89. The fourth-order valence-electron chi connectivity index (χ4n) is 0.843. The van der Waals surface area contributed by atoms with E-state index in [1.165, 1.54) is 0 Å². The Hall–Kier alpha value is -0.0500.